The molecule has 0 radical (unpaired) electrons. The summed E-state index contributed by atoms with van der Waals surface area (Å²) in [5, 5.41) is 0. The lowest BCUT2D eigenvalue weighted by molar-refractivity contribution is 0.0737. The van der Waals surface area contributed by atoms with Crippen molar-refractivity contribution in [3.05, 3.63) is 69.7 Å². The second-order valence-corrected chi connectivity index (χ2v) is 5.60. The standard InChI is InChI=1S/C16H14BrF2NO/c1-10(11-6-8-12(18)9-7-11)20(2)16(21)13-4-3-5-14(17)15(13)19/h3-10H,1-2H3. The Morgan fingerprint density at radius 2 is 1.76 bits per heavy atom. The number of hydrogen-bond acceptors (Lipinski definition) is 1. The Hall–Kier alpha value is -1.75. The number of amides is 1. The van der Waals surface area contributed by atoms with E-state index in [1.54, 1.807) is 32.2 Å². The summed E-state index contributed by atoms with van der Waals surface area (Å²) < 4.78 is 27.2. The van der Waals surface area contributed by atoms with Gasteiger partial charge in [-0.1, -0.05) is 18.2 Å². The molecule has 1 atom stereocenters. The van der Waals surface area contributed by atoms with Gasteiger partial charge in [-0.3, -0.25) is 4.79 Å². The van der Waals surface area contributed by atoms with E-state index in [4.69, 9.17) is 0 Å². The fraction of sp³-hybridized carbons (Fsp3) is 0.188. The van der Waals surface area contributed by atoms with E-state index in [-0.39, 0.29) is 21.9 Å². The van der Waals surface area contributed by atoms with Crippen LogP contribution in [0.4, 0.5) is 8.78 Å². The quantitative estimate of drug-likeness (QED) is 0.791. The van der Waals surface area contributed by atoms with Crippen LogP contribution in [-0.2, 0) is 0 Å². The Balaban J connectivity index is 2.26. The number of benzene rings is 2. The Labute approximate surface area is 130 Å². The molecule has 0 saturated carbocycles. The molecule has 0 aliphatic heterocycles. The fourth-order valence-electron chi connectivity index (χ4n) is 2.00. The maximum Gasteiger partial charge on any atom is 0.257 e. The van der Waals surface area contributed by atoms with Crippen LogP contribution >= 0.6 is 15.9 Å². The molecule has 2 nitrogen and oxygen atoms in total. The summed E-state index contributed by atoms with van der Waals surface area (Å²) in [6.45, 7) is 1.81. The summed E-state index contributed by atoms with van der Waals surface area (Å²) in [4.78, 5) is 13.8. The van der Waals surface area contributed by atoms with E-state index >= 15 is 0 Å². The van der Waals surface area contributed by atoms with Crippen LogP contribution in [0, 0.1) is 11.6 Å². The summed E-state index contributed by atoms with van der Waals surface area (Å²) >= 11 is 3.07. The van der Waals surface area contributed by atoms with Gasteiger partial charge in [0, 0.05) is 7.05 Å². The van der Waals surface area contributed by atoms with Crippen LogP contribution in [0.1, 0.15) is 28.9 Å². The Kier molecular flexibility index (Phi) is 4.73. The number of nitrogens with zero attached hydrogens (tertiary/aromatic N) is 1. The van der Waals surface area contributed by atoms with Crippen molar-refractivity contribution in [1.29, 1.82) is 0 Å². The minimum Gasteiger partial charge on any atom is -0.335 e. The Bertz CT molecular complexity index is 658. The third-order valence-electron chi connectivity index (χ3n) is 3.44. The summed E-state index contributed by atoms with van der Waals surface area (Å²) in [5.74, 6) is -1.34. The lowest BCUT2D eigenvalue weighted by Crippen LogP contribution is -2.30. The molecular formula is C16H14BrF2NO. The first-order chi connectivity index (χ1) is 9.91. The number of hydrogen-bond donors (Lipinski definition) is 0. The van der Waals surface area contributed by atoms with Crippen molar-refractivity contribution in [2.75, 3.05) is 7.05 Å². The van der Waals surface area contributed by atoms with E-state index in [1.165, 1.54) is 29.2 Å². The third-order valence-corrected chi connectivity index (χ3v) is 4.05. The zero-order valence-electron chi connectivity index (χ0n) is 11.6. The van der Waals surface area contributed by atoms with Crippen molar-refractivity contribution in [1.82, 2.24) is 4.90 Å². The highest BCUT2D eigenvalue weighted by Gasteiger charge is 2.22. The SMILES string of the molecule is CC(c1ccc(F)cc1)N(C)C(=O)c1cccc(Br)c1F. The van der Waals surface area contributed by atoms with E-state index < -0.39 is 11.7 Å². The monoisotopic (exact) mass is 353 g/mol. The van der Waals surface area contributed by atoms with Crippen LogP contribution < -0.4 is 0 Å². The van der Waals surface area contributed by atoms with Crippen molar-refractivity contribution < 1.29 is 13.6 Å². The van der Waals surface area contributed by atoms with Crippen LogP contribution in [0.3, 0.4) is 0 Å². The van der Waals surface area contributed by atoms with Crippen LogP contribution in [0.25, 0.3) is 0 Å². The highest BCUT2D eigenvalue weighted by molar-refractivity contribution is 9.10. The van der Waals surface area contributed by atoms with Gasteiger partial charge in [0.1, 0.15) is 11.6 Å². The molecule has 0 fully saturated rings. The maximum absolute atomic E-state index is 14.0. The minimum absolute atomic E-state index is 0.000775. The van der Waals surface area contributed by atoms with Gasteiger partial charge in [0.05, 0.1) is 16.1 Å². The molecule has 5 heteroatoms. The summed E-state index contributed by atoms with van der Waals surface area (Å²) in [7, 11) is 1.59. The third kappa shape index (κ3) is 3.29. The van der Waals surface area contributed by atoms with Crippen LogP contribution in [0.2, 0.25) is 0 Å². The highest BCUT2D eigenvalue weighted by Crippen LogP contribution is 2.24. The van der Waals surface area contributed by atoms with Gasteiger partial charge in [-0.15, -0.1) is 0 Å². The molecule has 0 heterocycles. The zero-order valence-corrected chi connectivity index (χ0v) is 13.2. The minimum atomic E-state index is -0.583. The summed E-state index contributed by atoms with van der Waals surface area (Å²) in [6, 6.07) is 10.2. The number of rotatable bonds is 3. The molecule has 0 aliphatic carbocycles. The number of carbonyl (C=O) groups excluding carboxylic acids is 1. The van der Waals surface area contributed by atoms with Gasteiger partial charge in [-0.05, 0) is 52.7 Å². The van der Waals surface area contributed by atoms with Crippen molar-refractivity contribution >= 4 is 21.8 Å². The van der Waals surface area contributed by atoms with Crippen LogP contribution in [-0.4, -0.2) is 17.9 Å². The first-order valence-corrected chi connectivity index (χ1v) is 7.17. The van der Waals surface area contributed by atoms with Gasteiger partial charge in [0.25, 0.3) is 5.91 Å². The molecule has 0 N–H and O–H groups in total. The smallest absolute Gasteiger partial charge is 0.257 e. The molecule has 110 valence electrons. The topological polar surface area (TPSA) is 20.3 Å². The van der Waals surface area contributed by atoms with E-state index in [0.717, 1.165) is 5.56 Å². The normalized spacial score (nSPS) is 12.0. The number of carbonyl (C=O) groups is 1. The molecule has 2 aromatic rings. The van der Waals surface area contributed by atoms with E-state index in [9.17, 15) is 13.6 Å². The second-order valence-electron chi connectivity index (χ2n) is 4.74. The highest BCUT2D eigenvalue weighted by atomic mass is 79.9. The predicted molar refractivity (Wildman–Crippen MR) is 81.0 cm³/mol. The number of halogens is 3. The Morgan fingerprint density at radius 1 is 1.14 bits per heavy atom. The second kappa shape index (κ2) is 6.35. The van der Waals surface area contributed by atoms with Crippen molar-refractivity contribution in [2.24, 2.45) is 0 Å². The molecule has 2 aromatic carbocycles. The Morgan fingerprint density at radius 3 is 2.38 bits per heavy atom. The summed E-state index contributed by atoms with van der Waals surface area (Å²) in [5.41, 5.74) is 0.781. The van der Waals surface area contributed by atoms with Crippen LogP contribution in [0.5, 0.6) is 0 Å². The lowest BCUT2D eigenvalue weighted by atomic mass is 10.1. The van der Waals surface area contributed by atoms with Gasteiger partial charge in [0.2, 0.25) is 0 Å². The van der Waals surface area contributed by atoms with Crippen LogP contribution in [0.15, 0.2) is 46.9 Å². The molecule has 0 aromatic heterocycles. The average molecular weight is 354 g/mol. The molecule has 0 aliphatic rings. The van der Waals surface area contributed by atoms with Gasteiger partial charge >= 0.3 is 0 Å². The van der Waals surface area contributed by atoms with Crippen molar-refractivity contribution in [2.45, 2.75) is 13.0 Å². The van der Waals surface area contributed by atoms with Gasteiger partial charge < -0.3 is 4.90 Å². The molecule has 2 rings (SSSR count). The lowest BCUT2D eigenvalue weighted by Gasteiger charge is -2.25. The van der Waals surface area contributed by atoms with Crippen molar-refractivity contribution in [3.63, 3.8) is 0 Å². The predicted octanol–water partition coefficient (Wildman–Crippen LogP) is 4.56. The van der Waals surface area contributed by atoms with Crippen molar-refractivity contribution in [3.8, 4) is 0 Å². The van der Waals surface area contributed by atoms with Gasteiger partial charge in [-0.2, -0.15) is 0 Å². The molecule has 0 saturated heterocycles. The van der Waals surface area contributed by atoms with Gasteiger partial charge in [-0.25, -0.2) is 8.78 Å². The van der Waals surface area contributed by atoms with Gasteiger partial charge in [0.15, 0.2) is 0 Å². The largest absolute Gasteiger partial charge is 0.335 e. The maximum atomic E-state index is 14.0. The zero-order chi connectivity index (χ0) is 15.6. The van der Waals surface area contributed by atoms with E-state index in [1.807, 2.05) is 0 Å². The fourth-order valence-corrected chi connectivity index (χ4v) is 2.37. The molecular weight excluding hydrogens is 340 g/mol. The molecule has 1 unspecified atom stereocenters. The summed E-state index contributed by atoms with van der Waals surface area (Å²) in [6.07, 6.45) is 0. The van der Waals surface area contributed by atoms with E-state index in [0.29, 0.717) is 0 Å². The first-order valence-electron chi connectivity index (χ1n) is 6.38. The first kappa shape index (κ1) is 15.6. The molecule has 1 amide bonds. The molecule has 0 spiro atoms. The average Bonchev–Trinajstić information content (AvgIpc) is 2.48. The molecule has 21 heavy (non-hydrogen) atoms. The van der Waals surface area contributed by atoms with E-state index in [2.05, 4.69) is 15.9 Å². The molecule has 0 bridgehead atoms.